The molecule has 7 heteroatoms. The summed E-state index contributed by atoms with van der Waals surface area (Å²) in [5, 5.41) is -0.00377. The van der Waals surface area contributed by atoms with Crippen LogP contribution in [-0.4, -0.2) is 25.8 Å². The summed E-state index contributed by atoms with van der Waals surface area (Å²) in [5.74, 6) is -1.40. The Kier molecular flexibility index (Phi) is 4.03. The summed E-state index contributed by atoms with van der Waals surface area (Å²) in [5.41, 5.74) is -0.113. The zero-order valence-electron chi connectivity index (χ0n) is 8.24. The van der Waals surface area contributed by atoms with Gasteiger partial charge in [0.2, 0.25) is 0 Å². The molecule has 1 rings (SSSR count). The van der Waals surface area contributed by atoms with E-state index in [4.69, 9.17) is 0 Å². The Morgan fingerprint density at radius 1 is 1.50 bits per heavy atom. The van der Waals surface area contributed by atoms with Gasteiger partial charge in [-0.25, -0.2) is 4.39 Å². The number of benzene rings is 1. The van der Waals surface area contributed by atoms with E-state index in [1.165, 1.54) is 12.1 Å². The monoisotopic (exact) mass is 310 g/mol. The Morgan fingerprint density at radius 2 is 2.12 bits per heavy atom. The van der Waals surface area contributed by atoms with E-state index in [0.717, 1.165) is 12.3 Å². The van der Waals surface area contributed by atoms with Crippen LogP contribution in [0, 0.1) is 5.82 Å². The van der Waals surface area contributed by atoms with Crippen LogP contribution in [0.25, 0.3) is 0 Å². The van der Waals surface area contributed by atoms with Crippen molar-refractivity contribution in [1.29, 1.82) is 0 Å². The second kappa shape index (κ2) is 4.92. The maximum atomic E-state index is 13.3. The molecule has 0 amide bonds. The average Bonchev–Trinajstić information content (AvgIpc) is 2.14. The zero-order chi connectivity index (χ0) is 12.3. The molecule has 1 aromatic rings. The molecule has 0 bridgehead atoms. The van der Waals surface area contributed by atoms with Crippen molar-refractivity contribution in [1.82, 2.24) is 0 Å². The summed E-state index contributed by atoms with van der Waals surface area (Å²) < 4.78 is 39.3. The average molecular weight is 311 g/mol. The highest BCUT2D eigenvalue weighted by Crippen LogP contribution is 2.18. The van der Waals surface area contributed by atoms with Gasteiger partial charge in [0.05, 0.1) is 17.1 Å². The number of alkyl halides is 1. The standard InChI is InChI=1S/C9H8BrFO4S/c1-16(13,14)15-6-2-3-7(8(11)4-6)9(12)5-10/h2-4H,5H2,1H3. The van der Waals surface area contributed by atoms with Gasteiger partial charge in [-0.1, -0.05) is 15.9 Å². The highest BCUT2D eigenvalue weighted by molar-refractivity contribution is 9.09. The SMILES string of the molecule is CS(=O)(=O)Oc1ccc(C(=O)CBr)c(F)c1. The number of halogens is 2. The molecule has 0 aliphatic carbocycles. The number of Topliss-reactive ketones (excluding diaryl/α,β-unsaturated/α-hetero) is 1. The minimum absolute atomic E-state index is 0.00377. The highest BCUT2D eigenvalue weighted by Gasteiger charge is 2.13. The smallest absolute Gasteiger partial charge is 0.306 e. The van der Waals surface area contributed by atoms with Gasteiger partial charge in [-0.3, -0.25) is 4.79 Å². The largest absolute Gasteiger partial charge is 0.382 e. The number of carbonyl (C=O) groups excluding carboxylic acids is 1. The molecule has 0 radical (unpaired) electrons. The van der Waals surface area contributed by atoms with Crippen molar-refractivity contribution in [3.05, 3.63) is 29.6 Å². The van der Waals surface area contributed by atoms with Crippen molar-refractivity contribution in [2.24, 2.45) is 0 Å². The lowest BCUT2D eigenvalue weighted by molar-refractivity contribution is 0.102. The molecule has 0 heterocycles. The summed E-state index contributed by atoms with van der Waals surface area (Å²) in [6.45, 7) is 0. The third-order valence-corrected chi connectivity index (χ3v) is 2.61. The van der Waals surface area contributed by atoms with Gasteiger partial charge in [-0.2, -0.15) is 8.42 Å². The van der Waals surface area contributed by atoms with Crippen molar-refractivity contribution in [3.63, 3.8) is 0 Å². The molecule has 0 unspecified atom stereocenters. The van der Waals surface area contributed by atoms with Crippen molar-refractivity contribution in [2.75, 3.05) is 11.6 Å². The Balaban J connectivity index is 3.05. The van der Waals surface area contributed by atoms with Crippen LogP contribution >= 0.6 is 15.9 Å². The topological polar surface area (TPSA) is 60.4 Å². The minimum Gasteiger partial charge on any atom is -0.382 e. The van der Waals surface area contributed by atoms with E-state index in [2.05, 4.69) is 20.1 Å². The zero-order valence-corrected chi connectivity index (χ0v) is 10.6. The lowest BCUT2D eigenvalue weighted by Gasteiger charge is -2.04. The maximum Gasteiger partial charge on any atom is 0.306 e. The van der Waals surface area contributed by atoms with E-state index in [-0.39, 0.29) is 16.6 Å². The fourth-order valence-electron chi connectivity index (χ4n) is 1.02. The predicted octanol–water partition coefficient (Wildman–Crippen LogP) is 1.74. The Bertz CT molecular complexity index is 512. The van der Waals surface area contributed by atoms with Gasteiger partial charge < -0.3 is 4.18 Å². The molecule has 0 aliphatic heterocycles. The van der Waals surface area contributed by atoms with Gasteiger partial charge in [-0.05, 0) is 12.1 Å². The molecule has 16 heavy (non-hydrogen) atoms. The molecule has 0 aliphatic rings. The van der Waals surface area contributed by atoms with Gasteiger partial charge in [-0.15, -0.1) is 0 Å². The molecule has 0 saturated carbocycles. The van der Waals surface area contributed by atoms with Crippen molar-refractivity contribution < 1.29 is 21.8 Å². The molecule has 0 spiro atoms. The normalized spacial score (nSPS) is 11.2. The van der Waals surface area contributed by atoms with E-state index in [0.29, 0.717) is 0 Å². The van der Waals surface area contributed by atoms with Crippen LogP contribution in [0.1, 0.15) is 10.4 Å². The number of hydrogen-bond acceptors (Lipinski definition) is 4. The first-order valence-corrected chi connectivity index (χ1v) is 7.05. The Hall–Kier alpha value is -0.950. The van der Waals surface area contributed by atoms with Crippen LogP contribution in [0.15, 0.2) is 18.2 Å². The van der Waals surface area contributed by atoms with Crippen molar-refractivity contribution >= 4 is 31.8 Å². The summed E-state index contributed by atoms with van der Waals surface area (Å²) in [4.78, 5) is 11.2. The molecule has 1 aromatic carbocycles. The molecular formula is C9H8BrFO4S. The molecular weight excluding hydrogens is 303 g/mol. The van der Waals surface area contributed by atoms with Crippen LogP contribution in [0.2, 0.25) is 0 Å². The summed E-state index contributed by atoms with van der Waals surface area (Å²) in [7, 11) is -3.69. The molecule has 0 saturated heterocycles. The van der Waals surface area contributed by atoms with E-state index >= 15 is 0 Å². The molecule has 0 fully saturated rings. The van der Waals surface area contributed by atoms with Gasteiger partial charge in [0, 0.05) is 6.07 Å². The van der Waals surface area contributed by atoms with Crippen LogP contribution in [0.3, 0.4) is 0 Å². The van der Waals surface area contributed by atoms with Gasteiger partial charge in [0.1, 0.15) is 11.6 Å². The fraction of sp³-hybridized carbons (Fsp3) is 0.222. The van der Waals surface area contributed by atoms with E-state index < -0.39 is 21.7 Å². The Labute approximate surface area is 101 Å². The minimum atomic E-state index is -3.69. The number of carbonyl (C=O) groups is 1. The lowest BCUT2D eigenvalue weighted by Crippen LogP contribution is -2.08. The van der Waals surface area contributed by atoms with E-state index in [1.807, 2.05) is 0 Å². The van der Waals surface area contributed by atoms with E-state index in [9.17, 15) is 17.6 Å². The Morgan fingerprint density at radius 3 is 2.56 bits per heavy atom. The van der Waals surface area contributed by atoms with E-state index in [1.54, 1.807) is 0 Å². The number of hydrogen-bond donors (Lipinski definition) is 0. The molecule has 88 valence electrons. The predicted molar refractivity (Wildman–Crippen MR) is 60.0 cm³/mol. The van der Waals surface area contributed by atoms with Crippen LogP contribution in [0.4, 0.5) is 4.39 Å². The first-order chi connectivity index (χ1) is 7.33. The second-order valence-corrected chi connectivity index (χ2v) is 5.12. The quantitative estimate of drug-likeness (QED) is 0.483. The van der Waals surface area contributed by atoms with Gasteiger partial charge >= 0.3 is 10.1 Å². The second-order valence-electron chi connectivity index (χ2n) is 2.99. The molecule has 0 atom stereocenters. The molecule has 0 N–H and O–H groups in total. The van der Waals surface area contributed by atoms with Gasteiger partial charge in [0.25, 0.3) is 0 Å². The van der Waals surface area contributed by atoms with Crippen LogP contribution in [0.5, 0.6) is 5.75 Å². The van der Waals surface area contributed by atoms with Crippen LogP contribution in [-0.2, 0) is 10.1 Å². The third-order valence-electron chi connectivity index (χ3n) is 1.61. The highest BCUT2D eigenvalue weighted by atomic mass is 79.9. The number of rotatable bonds is 4. The first-order valence-electron chi connectivity index (χ1n) is 4.11. The van der Waals surface area contributed by atoms with Crippen LogP contribution < -0.4 is 4.18 Å². The number of ketones is 1. The molecule has 0 aromatic heterocycles. The fourth-order valence-corrected chi connectivity index (χ4v) is 1.78. The van der Waals surface area contributed by atoms with Crippen molar-refractivity contribution in [2.45, 2.75) is 0 Å². The summed E-state index contributed by atoms with van der Waals surface area (Å²) >= 11 is 2.91. The maximum absolute atomic E-state index is 13.3. The summed E-state index contributed by atoms with van der Waals surface area (Å²) in [6.07, 6.45) is 0.850. The molecule has 4 nitrogen and oxygen atoms in total. The lowest BCUT2D eigenvalue weighted by atomic mass is 10.1. The third kappa shape index (κ3) is 3.57. The van der Waals surface area contributed by atoms with Crippen molar-refractivity contribution in [3.8, 4) is 5.75 Å². The summed E-state index contributed by atoms with van der Waals surface area (Å²) in [6, 6.07) is 3.26. The first kappa shape index (κ1) is 13.1. The van der Waals surface area contributed by atoms with Gasteiger partial charge in [0.15, 0.2) is 5.78 Å².